The van der Waals surface area contributed by atoms with Gasteiger partial charge in [0, 0.05) is 47.2 Å². The van der Waals surface area contributed by atoms with Crippen LogP contribution in [0.5, 0.6) is 17.2 Å². The Balaban J connectivity index is 1.70. The van der Waals surface area contributed by atoms with Crippen molar-refractivity contribution < 1.29 is 38.4 Å². The van der Waals surface area contributed by atoms with Crippen molar-refractivity contribution in [2.45, 2.75) is 63.8 Å². The van der Waals surface area contributed by atoms with Gasteiger partial charge in [0.1, 0.15) is 11.4 Å². The molecule has 0 unspecified atom stereocenters. The van der Waals surface area contributed by atoms with Gasteiger partial charge in [0.25, 0.3) is 5.91 Å². The second-order valence-corrected chi connectivity index (χ2v) is 12.7. The predicted octanol–water partition coefficient (Wildman–Crippen LogP) is 5.43. The number of hydrogen-bond donors (Lipinski definition) is 3. The van der Waals surface area contributed by atoms with E-state index in [1.54, 1.807) is 65.3 Å². The maximum absolute atomic E-state index is 14.4. The highest BCUT2D eigenvalue weighted by molar-refractivity contribution is 9.10. The molecule has 2 atom stereocenters. The summed E-state index contributed by atoms with van der Waals surface area (Å²) in [5.41, 5.74) is 5.62. The molecule has 3 aromatic rings. The van der Waals surface area contributed by atoms with Crippen molar-refractivity contribution in [2.75, 3.05) is 27.4 Å². The Hall–Kier alpha value is -4.13. The minimum atomic E-state index is -1.57. The lowest BCUT2D eigenvalue weighted by Crippen LogP contribution is -2.52. The number of hydrazine groups is 1. The topological polar surface area (TPSA) is 137 Å². The number of aliphatic hydroxyl groups excluding tert-OH is 1. The summed E-state index contributed by atoms with van der Waals surface area (Å²) >= 11 is 3.63. The summed E-state index contributed by atoms with van der Waals surface area (Å²) in [4.78, 5) is 32.3. The van der Waals surface area contributed by atoms with Crippen LogP contribution in [-0.2, 0) is 25.6 Å². The maximum Gasteiger partial charge on any atom is 0.306 e. The molecule has 3 N–H and O–H groups in total. The van der Waals surface area contributed by atoms with Gasteiger partial charge in [0.15, 0.2) is 23.1 Å². The molecule has 1 heterocycles. The number of nitrogens with zero attached hydrogens (tertiary/aromatic N) is 1. The number of esters is 1. The van der Waals surface area contributed by atoms with Gasteiger partial charge in [-0.3, -0.25) is 15.0 Å². The van der Waals surface area contributed by atoms with Gasteiger partial charge >= 0.3 is 5.97 Å². The summed E-state index contributed by atoms with van der Waals surface area (Å²) in [6, 6.07) is 20.0. The first kappa shape index (κ1) is 35.7. The van der Waals surface area contributed by atoms with Crippen LogP contribution in [0.2, 0.25) is 0 Å². The minimum absolute atomic E-state index is 0.00420. The first-order chi connectivity index (χ1) is 22.5. The smallest absolute Gasteiger partial charge is 0.306 e. The monoisotopic (exact) mass is 711 g/mol. The van der Waals surface area contributed by atoms with Crippen LogP contribution in [0.15, 0.2) is 76.2 Å². The van der Waals surface area contributed by atoms with Crippen molar-refractivity contribution in [3.8, 4) is 17.2 Å². The molecule has 0 aliphatic carbocycles. The van der Waals surface area contributed by atoms with Gasteiger partial charge in [0.05, 0.1) is 20.8 Å². The number of nitrogens with one attached hydrogen (secondary N) is 2. The number of carbonyl (C=O) groups is 2. The van der Waals surface area contributed by atoms with E-state index < -0.39 is 29.1 Å². The van der Waals surface area contributed by atoms with E-state index in [0.717, 1.165) is 10.0 Å². The van der Waals surface area contributed by atoms with E-state index in [2.05, 4.69) is 26.8 Å². The van der Waals surface area contributed by atoms with Crippen LogP contribution in [0, 0.1) is 0 Å². The number of aliphatic imine (C=N–C) groups is 1. The highest BCUT2D eigenvalue weighted by Crippen LogP contribution is 2.45. The molecule has 12 heteroatoms. The lowest BCUT2D eigenvalue weighted by molar-refractivity contribution is -0.155. The summed E-state index contributed by atoms with van der Waals surface area (Å²) in [6.45, 7) is 6.00. The number of ether oxygens (including phenoxy) is 5. The van der Waals surface area contributed by atoms with Crippen molar-refractivity contribution in [1.82, 2.24) is 10.9 Å². The zero-order valence-electron chi connectivity index (χ0n) is 27.3. The average Bonchev–Trinajstić information content (AvgIpc) is 3.44. The quantitative estimate of drug-likeness (QED) is 0.107. The van der Waals surface area contributed by atoms with E-state index in [1.165, 1.54) is 0 Å². The molecular formula is C35H42BrN3O8. The zero-order valence-corrected chi connectivity index (χ0v) is 28.9. The number of rotatable bonds is 15. The molecule has 1 amide bonds. The third kappa shape index (κ3) is 9.03. The van der Waals surface area contributed by atoms with Crippen LogP contribution in [0.4, 0.5) is 0 Å². The highest BCUT2D eigenvalue weighted by atomic mass is 79.9. The number of amides is 1. The highest BCUT2D eigenvalue weighted by Gasteiger charge is 2.54. The molecule has 252 valence electrons. The molecule has 47 heavy (non-hydrogen) atoms. The Morgan fingerprint density at radius 3 is 2.43 bits per heavy atom. The van der Waals surface area contributed by atoms with Crippen molar-refractivity contribution in [3.63, 3.8) is 0 Å². The molecule has 4 rings (SSSR count). The van der Waals surface area contributed by atoms with E-state index in [-0.39, 0.29) is 31.9 Å². The van der Waals surface area contributed by atoms with Gasteiger partial charge in [-0.2, -0.15) is 0 Å². The minimum Gasteiger partial charge on any atom is -0.494 e. The van der Waals surface area contributed by atoms with Gasteiger partial charge < -0.3 is 28.8 Å². The van der Waals surface area contributed by atoms with Crippen LogP contribution >= 0.6 is 15.9 Å². The third-order valence-electron chi connectivity index (χ3n) is 7.31. The molecular weight excluding hydrogens is 670 g/mol. The summed E-state index contributed by atoms with van der Waals surface area (Å²) in [7, 11) is 3.11. The summed E-state index contributed by atoms with van der Waals surface area (Å²) in [5.74, 6) is 0.996. The Morgan fingerprint density at radius 1 is 1.02 bits per heavy atom. The first-order valence-corrected chi connectivity index (χ1v) is 16.1. The van der Waals surface area contributed by atoms with Crippen LogP contribution in [0.3, 0.4) is 0 Å². The molecule has 0 aromatic heterocycles. The number of benzene rings is 3. The van der Waals surface area contributed by atoms with Crippen LogP contribution in [-0.4, -0.2) is 61.5 Å². The second-order valence-electron chi connectivity index (χ2n) is 11.9. The lowest BCUT2D eigenvalue weighted by Gasteiger charge is -2.31. The Kier molecular flexibility index (Phi) is 12.3. The van der Waals surface area contributed by atoms with E-state index in [9.17, 15) is 9.59 Å². The molecule has 3 aromatic carbocycles. The molecule has 0 saturated heterocycles. The van der Waals surface area contributed by atoms with Crippen molar-refractivity contribution in [2.24, 2.45) is 4.99 Å². The summed E-state index contributed by atoms with van der Waals surface area (Å²) in [6.07, 6.45) is -0.480. The van der Waals surface area contributed by atoms with E-state index in [0.29, 0.717) is 41.4 Å². The van der Waals surface area contributed by atoms with Gasteiger partial charge in [-0.1, -0.05) is 46.3 Å². The SMILES string of the molecule is COc1cccc(CNNC(=O)[C@@]2(CCC(=O)OC(C)(C)C)N=C(c3ccc(OCCCO)cc3)O[C@H]2c2ccccc2Br)c1OC. The second kappa shape index (κ2) is 16.1. The number of aliphatic hydroxyl groups is 1. The van der Waals surface area contributed by atoms with Crippen LogP contribution < -0.4 is 25.1 Å². The normalized spacial score (nSPS) is 17.3. The van der Waals surface area contributed by atoms with Crippen molar-refractivity contribution in [1.29, 1.82) is 0 Å². The Bertz CT molecular complexity index is 1560. The predicted molar refractivity (Wildman–Crippen MR) is 180 cm³/mol. The standard InChI is InChI=1S/C35H42BrN3O8/c1-34(2,3)47-29(41)18-19-35(33(42)39-37-22-24-10-8-13-28(43-4)30(24)44-5)31(26-11-6-7-12-27(26)36)46-32(38-35)23-14-16-25(17-15-23)45-21-9-20-40/h6-8,10-17,31,37,40H,9,18-22H2,1-5H3,(H,39,42)/t31-,35-/m0/s1. The molecule has 0 bridgehead atoms. The van der Waals surface area contributed by atoms with Crippen molar-refractivity contribution >= 4 is 33.7 Å². The number of hydrogen-bond acceptors (Lipinski definition) is 10. The average molecular weight is 713 g/mol. The summed E-state index contributed by atoms with van der Waals surface area (Å²) < 4.78 is 29.5. The van der Waals surface area contributed by atoms with Gasteiger partial charge in [-0.05, 0) is 63.6 Å². The molecule has 0 saturated carbocycles. The molecule has 0 fully saturated rings. The third-order valence-corrected chi connectivity index (χ3v) is 8.04. The molecule has 0 spiro atoms. The largest absolute Gasteiger partial charge is 0.494 e. The lowest BCUT2D eigenvalue weighted by atomic mass is 9.83. The van der Waals surface area contributed by atoms with Gasteiger partial charge in [-0.15, -0.1) is 0 Å². The van der Waals surface area contributed by atoms with Gasteiger partial charge in [-0.25, -0.2) is 10.4 Å². The zero-order chi connectivity index (χ0) is 34.0. The number of para-hydroxylation sites is 1. The number of halogens is 1. The molecule has 11 nitrogen and oxygen atoms in total. The summed E-state index contributed by atoms with van der Waals surface area (Å²) in [5, 5.41) is 9.06. The van der Waals surface area contributed by atoms with Crippen LogP contribution in [0.25, 0.3) is 0 Å². The first-order valence-electron chi connectivity index (χ1n) is 15.3. The number of methoxy groups -OCH3 is 2. The maximum atomic E-state index is 14.4. The fourth-order valence-corrected chi connectivity index (χ4v) is 5.63. The van der Waals surface area contributed by atoms with E-state index in [1.807, 2.05) is 36.4 Å². The van der Waals surface area contributed by atoms with E-state index in [4.69, 9.17) is 33.8 Å². The van der Waals surface area contributed by atoms with Crippen molar-refractivity contribution in [3.05, 3.63) is 87.9 Å². The fourth-order valence-electron chi connectivity index (χ4n) is 5.14. The van der Waals surface area contributed by atoms with E-state index >= 15 is 0 Å². The Labute approximate surface area is 283 Å². The number of carbonyl (C=O) groups excluding carboxylic acids is 2. The Morgan fingerprint density at radius 2 is 1.77 bits per heavy atom. The van der Waals surface area contributed by atoms with Crippen LogP contribution in [0.1, 0.15) is 62.8 Å². The van der Waals surface area contributed by atoms with Gasteiger partial charge in [0.2, 0.25) is 5.90 Å². The molecule has 1 aliphatic heterocycles. The molecule has 1 aliphatic rings. The fraction of sp³-hybridized carbons (Fsp3) is 0.400. The molecule has 0 radical (unpaired) electrons.